The summed E-state index contributed by atoms with van der Waals surface area (Å²) < 4.78 is 6.51. The Morgan fingerprint density at radius 3 is 2.23 bits per heavy atom. The van der Waals surface area contributed by atoms with Crippen molar-refractivity contribution in [1.82, 2.24) is 4.90 Å². The summed E-state index contributed by atoms with van der Waals surface area (Å²) in [4.78, 5) is 15.2. The van der Waals surface area contributed by atoms with Gasteiger partial charge in [0, 0.05) is 17.6 Å². The number of esters is 1. The first-order chi connectivity index (χ1) is 15.2. The second kappa shape index (κ2) is 12.2. The maximum absolute atomic E-state index is 13.0. The lowest BCUT2D eigenvalue weighted by Crippen LogP contribution is -2.43. The van der Waals surface area contributed by atoms with Gasteiger partial charge in [-0.2, -0.15) is 0 Å². The molecular weight excluding hydrogens is 450 g/mol. The minimum atomic E-state index is -0.369. The Bertz CT molecular complexity index is 956. The number of halogens is 1. The van der Waals surface area contributed by atoms with Crippen LogP contribution in [0.2, 0.25) is 0 Å². The van der Waals surface area contributed by atoms with E-state index in [4.69, 9.17) is 4.74 Å². The number of carbonyl (C=O) groups excluding carboxylic acids is 1. The van der Waals surface area contributed by atoms with Crippen molar-refractivity contribution in [2.75, 3.05) is 13.2 Å². The van der Waals surface area contributed by atoms with E-state index in [2.05, 4.69) is 69.4 Å². The molecule has 0 heterocycles. The van der Waals surface area contributed by atoms with Crippen LogP contribution in [-0.2, 0) is 22.5 Å². The van der Waals surface area contributed by atoms with E-state index in [1.807, 2.05) is 55.5 Å². The number of carbonyl (C=O) groups is 1. The van der Waals surface area contributed by atoms with E-state index in [1.165, 1.54) is 0 Å². The van der Waals surface area contributed by atoms with Crippen molar-refractivity contribution in [3.63, 3.8) is 0 Å². The van der Waals surface area contributed by atoms with Gasteiger partial charge in [-0.3, -0.25) is 9.69 Å². The number of ether oxygens (including phenoxy) is 1. The van der Waals surface area contributed by atoms with E-state index in [-0.39, 0.29) is 12.0 Å². The Morgan fingerprint density at radius 1 is 0.935 bits per heavy atom. The van der Waals surface area contributed by atoms with Gasteiger partial charge in [0.1, 0.15) is 6.04 Å². The fraction of sp³-hybridized carbons (Fsp3) is 0.222. The zero-order valence-electron chi connectivity index (χ0n) is 17.8. The molecule has 160 valence electrons. The summed E-state index contributed by atoms with van der Waals surface area (Å²) in [6, 6.07) is 28.2. The molecule has 0 N–H and O–H groups in total. The highest BCUT2D eigenvalue weighted by Gasteiger charge is 2.27. The van der Waals surface area contributed by atoms with Crippen LogP contribution in [0.25, 0.3) is 6.08 Å². The second-order valence-electron chi connectivity index (χ2n) is 7.33. The summed E-state index contributed by atoms with van der Waals surface area (Å²) in [6.45, 7) is 3.52. The van der Waals surface area contributed by atoms with Crippen molar-refractivity contribution in [1.29, 1.82) is 0 Å². The standard InChI is InChI=1S/C27H28BrNO2/c1-2-31-27(30)26(20-23-12-7-4-8-13-23)29(21-24-15-17-25(28)18-16-24)19-9-14-22-10-5-3-6-11-22/h3-18,26H,2,19-21H2,1H3/b14-9+. The zero-order valence-corrected chi connectivity index (χ0v) is 19.4. The minimum absolute atomic E-state index is 0.184. The van der Waals surface area contributed by atoms with Crippen molar-refractivity contribution in [2.24, 2.45) is 0 Å². The van der Waals surface area contributed by atoms with Gasteiger partial charge >= 0.3 is 5.97 Å². The predicted molar refractivity (Wildman–Crippen MR) is 131 cm³/mol. The maximum atomic E-state index is 13.0. The molecule has 0 amide bonds. The number of rotatable bonds is 10. The molecule has 0 aliphatic heterocycles. The lowest BCUT2D eigenvalue weighted by molar-refractivity contribution is -0.149. The normalized spacial score (nSPS) is 12.2. The molecule has 0 radical (unpaired) electrons. The van der Waals surface area contributed by atoms with Crippen LogP contribution in [-0.4, -0.2) is 30.1 Å². The number of hydrogen-bond donors (Lipinski definition) is 0. The first kappa shape index (κ1) is 23.0. The van der Waals surface area contributed by atoms with Crippen molar-refractivity contribution in [3.8, 4) is 0 Å². The number of benzene rings is 3. The summed E-state index contributed by atoms with van der Waals surface area (Å²) in [5.74, 6) is -0.184. The molecule has 1 unspecified atom stereocenters. The summed E-state index contributed by atoms with van der Waals surface area (Å²) in [5, 5.41) is 0. The van der Waals surface area contributed by atoms with E-state index < -0.39 is 0 Å². The molecule has 0 aliphatic rings. The van der Waals surface area contributed by atoms with Crippen LogP contribution in [0.5, 0.6) is 0 Å². The van der Waals surface area contributed by atoms with Gasteiger partial charge in [-0.15, -0.1) is 0 Å². The molecule has 3 nitrogen and oxygen atoms in total. The first-order valence-electron chi connectivity index (χ1n) is 10.6. The van der Waals surface area contributed by atoms with Crippen molar-refractivity contribution >= 4 is 28.0 Å². The molecule has 0 saturated heterocycles. The van der Waals surface area contributed by atoms with Crippen LogP contribution in [0.15, 0.2) is 95.5 Å². The largest absolute Gasteiger partial charge is 0.465 e. The van der Waals surface area contributed by atoms with Gasteiger partial charge < -0.3 is 4.74 Å². The Morgan fingerprint density at radius 2 is 1.58 bits per heavy atom. The Kier molecular flexibility index (Phi) is 9.07. The molecule has 0 fully saturated rings. The van der Waals surface area contributed by atoms with E-state index in [1.54, 1.807) is 0 Å². The van der Waals surface area contributed by atoms with E-state index in [0.29, 0.717) is 26.1 Å². The lowest BCUT2D eigenvalue weighted by atomic mass is 10.0. The highest BCUT2D eigenvalue weighted by atomic mass is 79.9. The molecule has 0 aliphatic carbocycles. The summed E-state index contributed by atoms with van der Waals surface area (Å²) in [7, 11) is 0. The summed E-state index contributed by atoms with van der Waals surface area (Å²) in [6.07, 6.45) is 4.82. The summed E-state index contributed by atoms with van der Waals surface area (Å²) >= 11 is 3.50. The molecule has 0 saturated carbocycles. The van der Waals surface area contributed by atoms with Gasteiger partial charge in [0.2, 0.25) is 0 Å². The monoisotopic (exact) mass is 477 g/mol. The topological polar surface area (TPSA) is 29.5 Å². The molecule has 3 rings (SSSR count). The Labute approximate surface area is 193 Å². The highest BCUT2D eigenvalue weighted by molar-refractivity contribution is 9.10. The van der Waals surface area contributed by atoms with Crippen LogP contribution in [0.3, 0.4) is 0 Å². The van der Waals surface area contributed by atoms with Gasteiger partial charge in [0.25, 0.3) is 0 Å². The molecule has 4 heteroatoms. The molecule has 3 aromatic carbocycles. The third-order valence-corrected chi connectivity index (χ3v) is 5.55. The van der Waals surface area contributed by atoms with Crippen molar-refractivity contribution in [2.45, 2.75) is 25.9 Å². The van der Waals surface area contributed by atoms with Crippen molar-refractivity contribution < 1.29 is 9.53 Å². The van der Waals surface area contributed by atoms with Crippen LogP contribution >= 0.6 is 15.9 Å². The smallest absolute Gasteiger partial charge is 0.323 e. The second-order valence-corrected chi connectivity index (χ2v) is 8.24. The zero-order chi connectivity index (χ0) is 21.9. The fourth-order valence-corrected chi connectivity index (χ4v) is 3.72. The quantitative estimate of drug-likeness (QED) is 0.328. The third kappa shape index (κ3) is 7.50. The van der Waals surface area contributed by atoms with Gasteiger partial charge in [-0.25, -0.2) is 0 Å². The first-order valence-corrected chi connectivity index (χ1v) is 11.4. The maximum Gasteiger partial charge on any atom is 0.323 e. The van der Waals surface area contributed by atoms with Crippen LogP contribution in [0.1, 0.15) is 23.6 Å². The molecule has 0 aromatic heterocycles. The fourth-order valence-electron chi connectivity index (χ4n) is 3.45. The van der Waals surface area contributed by atoms with Crippen LogP contribution < -0.4 is 0 Å². The van der Waals surface area contributed by atoms with Gasteiger partial charge in [0.05, 0.1) is 6.61 Å². The average molecular weight is 478 g/mol. The molecule has 3 aromatic rings. The minimum Gasteiger partial charge on any atom is -0.465 e. The summed E-state index contributed by atoms with van der Waals surface area (Å²) in [5.41, 5.74) is 3.41. The van der Waals surface area contributed by atoms with Gasteiger partial charge in [-0.1, -0.05) is 101 Å². The molecule has 31 heavy (non-hydrogen) atoms. The highest BCUT2D eigenvalue weighted by Crippen LogP contribution is 2.17. The van der Waals surface area contributed by atoms with E-state index in [9.17, 15) is 4.79 Å². The van der Waals surface area contributed by atoms with Crippen LogP contribution in [0, 0.1) is 0 Å². The molecular formula is C27H28BrNO2. The van der Waals surface area contributed by atoms with Crippen molar-refractivity contribution in [3.05, 3.63) is 112 Å². The van der Waals surface area contributed by atoms with E-state index in [0.717, 1.165) is 21.2 Å². The van der Waals surface area contributed by atoms with E-state index >= 15 is 0 Å². The average Bonchev–Trinajstić information content (AvgIpc) is 2.80. The molecule has 0 spiro atoms. The Hall–Kier alpha value is -2.69. The lowest BCUT2D eigenvalue weighted by Gasteiger charge is -2.29. The molecule has 0 bridgehead atoms. The SMILES string of the molecule is CCOC(=O)C(Cc1ccccc1)N(C/C=C/c1ccccc1)Cc1ccc(Br)cc1. The third-order valence-electron chi connectivity index (χ3n) is 5.02. The molecule has 1 atom stereocenters. The van der Waals surface area contributed by atoms with Crippen LogP contribution in [0.4, 0.5) is 0 Å². The number of hydrogen-bond acceptors (Lipinski definition) is 3. The Balaban J connectivity index is 1.85. The predicted octanol–water partition coefficient (Wildman–Crippen LogP) is 6.14. The number of nitrogens with zero attached hydrogens (tertiary/aromatic N) is 1. The van der Waals surface area contributed by atoms with Gasteiger partial charge in [0.15, 0.2) is 0 Å². The van der Waals surface area contributed by atoms with Gasteiger partial charge in [-0.05, 0) is 42.2 Å².